The molecule has 0 N–H and O–H groups in total. The Kier molecular flexibility index (Phi) is 3.29. The maximum Gasteiger partial charge on any atom is 0.153 e. The molecule has 0 bridgehead atoms. The van der Waals surface area contributed by atoms with Crippen molar-refractivity contribution in [1.82, 2.24) is 0 Å². The maximum absolute atomic E-state index is 10.6. The average Bonchev–Trinajstić information content (AvgIpc) is 2.88. The van der Waals surface area contributed by atoms with Gasteiger partial charge in [-0.3, -0.25) is 4.79 Å². The number of hydrogen-bond donors (Lipinski definition) is 0. The number of rotatable bonds is 5. The van der Waals surface area contributed by atoms with Crippen molar-refractivity contribution in [2.45, 2.75) is 11.5 Å². The zero-order chi connectivity index (χ0) is 10.5. The molecule has 3 nitrogen and oxygen atoms in total. The lowest BCUT2D eigenvalue weighted by atomic mass is 10.3. The summed E-state index contributed by atoms with van der Waals surface area (Å²) in [6.45, 7) is 0. The number of furan rings is 2. The van der Waals surface area contributed by atoms with Crippen LogP contribution in [0.15, 0.2) is 39.6 Å². The van der Waals surface area contributed by atoms with E-state index in [1.807, 2.05) is 12.1 Å². The normalized spacial score (nSPS) is 10.4. The van der Waals surface area contributed by atoms with E-state index in [9.17, 15) is 4.79 Å². The molecule has 0 spiro atoms. The van der Waals surface area contributed by atoms with Gasteiger partial charge in [-0.2, -0.15) is 0 Å². The van der Waals surface area contributed by atoms with Crippen LogP contribution in [0.4, 0.5) is 0 Å². The fraction of sp³-hybridized carbons (Fsp3) is 0.182. The zero-order valence-corrected chi connectivity index (χ0v) is 8.83. The van der Waals surface area contributed by atoms with Gasteiger partial charge in [0.05, 0.1) is 29.6 Å². The Morgan fingerprint density at radius 3 is 2.87 bits per heavy atom. The third-order valence-electron chi connectivity index (χ3n) is 1.96. The summed E-state index contributed by atoms with van der Waals surface area (Å²) in [5, 5.41) is 0. The SMILES string of the molecule is O=Cc1ccoc1CSCc1ccco1. The number of thioether (sulfide) groups is 1. The minimum absolute atomic E-state index is 0.627. The summed E-state index contributed by atoms with van der Waals surface area (Å²) in [6, 6.07) is 5.46. The first kappa shape index (κ1) is 10.1. The molecular weight excluding hydrogens is 212 g/mol. The Bertz CT molecular complexity index is 417. The highest BCUT2D eigenvalue weighted by atomic mass is 32.2. The Balaban J connectivity index is 1.86. The molecule has 0 radical (unpaired) electrons. The van der Waals surface area contributed by atoms with E-state index in [2.05, 4.69) is 0 Å². The molecule has 0 aliphatic heterocycles. The van der Waals surface area contributed by atoms with Crippen LogP contribution in [0.25, 0.3) is 0 Å². The molecule has 0 fully saturated rings. The molecular formula is C11H10O3S. The van der Waals surface area contributed by atoms with Crippen molar-refractivity contribution < 1.29 is 13.6 Å². The van der Waals surface area contributed by atoms with Crippen molar-refractivity contribution in [2.75, 3.05) is 0 Å². The summed E-state index contributed by atoms with van der Waals surface area (Å²) in [7, 11) is 0. The molecule has 78 valence electrons. The lowest BCUT2D eigenvalue weighted by Crippen LogP contribution is -1.84. The molecule has 0 atom stereocenters. The van der Waals surface area contributed by atoms with Gasteiger partial charge in [0.15, 0.2) is 6.29 Å². The summed E-state index contributed by atoms with van der Waals surface area (Å²) in [4.78, 5) is 10.6. The molecule has 0 aromatic carbocycles. The summed E-state index contributed by atoms with van der Waals surface area (Å²) < 4.78 is 10.4. The minimum Gasteiger partial charge on any atom is -0.468 e. The van der Waals surface area contributed by atoms with Crippen molar-refractivity contribution in [2.24, 2.45) is 0 Å². The highest BCUT2D eigenvalue weighted by molar-refractivity contribution is 7.97. The van der Waals surface area contributed by atoms with Gasteiger partial charge in [0.25, 0.3) is 0 Å². The molecule has 0 saturated heterocycles. The van der Waals surface area contributed by atoms with Crippen LogP contribution in [0.2, 0.25) is 0 Å². The Labute approximate surface area is 91.5 Å². The van der Waals surface area contributed by atoms with Crippen LogP contribution >= 0.6 is 11.8 Å². The van der Waals surface area contributed by atoms with Gasteiger partial charge >= 0.3 is 0 Å². The number of hydrogen-bond acceptors (Lipinski definition) is 4. The molecule has 0 unspecified atom stereocenters. The van der Waals surface area contributed by atoms with Gasteiger partial charge in [0.1, 0.15) is 11.5 Å². The monoisotopic (exact) mass is 222 g/mol. The second-order valence-electron chi connectivity index (χ2n) is 2.99. The zero-order valence-electron chi connectivity index (χ0n) is 8.01. The molecule has 0 amide bonds. The van der Waals surface area contributed by atoms with Gasteiger partial charge in [0, 0.05) is 0 Å². The van der Waals surface area contributed by atoms with E-state index in [0.717, 1.165) is 23.6 Å². The van der Waals surface area contributed by atoms with Crippen molar-refractivity contribution >= 4 is 18.0 Å². The van der Waals surface area contributed by atoms with Crippen LogP contribution in [-0.4, -0.2) is 6.29 Å². The fourth-order valence-electron chi connectivity index (χ4n) is 1.21. The van der Waals surface area contributed by atoms with E-state index in [4.69, 9.17) is 8.83 Å². The van der Waals surface area contributed by atoms with E-state index in [1.165, 1.54) is 6.26 Å². The molecule has 0 aliphatic carbocycles. The van der Waals surface area contributed by atoms with Crippen molar-refractivity contribution in [3.8, 4) is 0 Å². The summed E-state index contributed by atoms with van der Waals surface area (Å²) in [5.41, 5.74) is 0.627. The van der Waals surface area contributed by atoms with E-state index in [0.29, 0.717) is 11.3 Å². The Morgan fingerprint density at radius 2 is 2.13 bits per heavy atom. The molecule has 4 heteroatoms. The van der Waals surface area contributed by atoms with Gasteiger partial charge in [0.2, 0.25) is 0 Å². The van der Waals surface area contributed by atoms with E-state index >= 15 is 0 Å². The van der Waals surface area contributed by atoms with Gasteiger partial charge in [-0.05, 0) is 18.2 Å². The Morgan fingerprint density at radius 1 is 1.20 bits per heavy atom. The number of aldehydes is 1. The second-order valence-corrected chi connectivity index (χ2v) is 3.97. The number of carbonyl (C=O) groups is 1. The fourth-order valence-corrected chi connectivity index (χ4v) is 2.10. The molecule has 2 rings (SSSR count). The number of carbonyl (C=O) groups excluding carboxylic acids is 1. The first-order chi connectivity index (χ1) is 7.40. The third-order valence-corrected chi connectivity index (χ3v) is 2.92. The predicted octanol–water partition coefficient (Wildman–Crippen LogP) is 3.12. The molecule has 2 heterocycles. The standard InChI is InChI=1S/C11H10O3S/c12-6-9-3-5-14-11(9)8-15-7-10-2-1-4-13-10/h1-6H,7-8H2. The van der Waals surface area contributed by atoms with Crippen LogP contribution in [-0.2, 0) is 11.5 Å². The Hall–Kier alpha value is -1.42. The molecule has 0 aliphatic rings. The summed E-state index contributed by atoms with van der Waals surface area (Å²) in [6.07, 6.45) is 4.00. The van der Waals surface area contributed by atoms with Crippen LogP contribution < -0.4 is 0 Å². The topological polar surface area (TPSA) is 43.4 Å². The van der Waals surface area contributed by atoms with E-state index in [-0.39, 0.29) is 0 Å². The quantitative estimate of drug-likeness (QED) is 0.729. The second kappa shape index (κ2) is 4.89. The molecule has 0 saturated carbocycles. The lowest BCUT2D eigenvalue weighted by molar-refractivity contribution is 0.112. The van der Waals surface area contributed by atoms with Crippen LogP contribution in [0, 0.1) is 0 Å². The minimum atomic E-state index is 0.627. The van der Waals surface area contributed by atoms with Gasteiger partial charge in [-0.1, -0.05) is 0 Å². The average molecular weight is 222 g/mol. The smallest absolute Gasteiger partial charge is 0.153 e. The predicted molar refractivity (Wildman–Crippen MR) is 57.8 cm³/mol. The maximum atomic E-state index is 10.6. The van der Waals surface area contributed by atoms with Crippen molar-refractivity contribution in [1.29, 1.82) is 0 Å². The van der Waals surface area contributed by atoms with E-state index in [1.54, 1.807) is 24.1 Å². The van der Waals surface area contributed by atoms with Crippen LogP contribution in [0.5, 0.6) is 0 Å². The largest absolute Gasteiger partial charge is 0.468 e. The van der Waals surface area contributed by atoms with Gasteiger partial charge < -0.3 is 8.83 Å². The highest BCUT2D eigenvalue weighted by Crippen LogP contribution is 2.20. The lowest BCUT2D eigenvalue weighted by Gasteiger charge is -1.97. The first-order valence-corrected chi connectivity index (χ1v) is 5.67. The first-order valence-electron chi connectivity index (χ1n) is 4.52. The van der Waals surface area contributed by atoms with Crippen LogP contribution in [0.1, 0.15) is 21.9 Å². The molecule has 2 aromatic rings. The third kappa shape index (κ3) is 2.53. The van der Waals surface area contributed by atoms with Gasteiger partial charge in [-0.15, -0.1) is 11.8 Å². The summed E-state index contributed by atoms with van der Waals surface area (Å²) in [5.74, 6) is 3.12. The summed E-state index contributed by atoms with van der Waals surface area (Å²) >= 11 is 1.65. The van der Waals surface area contributed by atoms with Crippen LogP contribution in [0.3, 0.4) is 0 Å². The van der Waals surface area contributed by atoms with Gasteiger partial charge in [-0.25, -0.2) is 0 Å². The van der Waals surface area contributed by atoms with Crippen molar-refractivity contribution in [3.63, 3.8) is 0 Å². The molecule has 2 aromatic heterocycles. The van der Waals surface area contributed by atoms with Crippen molar-refractivity contribution in [3.05, 3.63) is 47.8 Å². The highest BCUT2D eigenvalue weighted by Gasteiger charge is 2.05. The van der Waals surface area contributed by atoms with E-state index < -0.39 is 0 Å². The molecule has 15 heavy (non-hydrogen) atoms.